The minimum Gasteiger partial charge on any atom is -0.490 e. The van der Waals surface area contributed by atoms with Gasteiger partial charge in [-0.25, -0.2) is 0 Å². The van der Waals surface area contributed by atoms with Gasteiger partial charge in [0.05, 0.1) is 21.7 Å². The molecule has 0 saturated heterocycles. The Labute approximate surface area is 200 Å². The smallest absolute Gasteiger partial charge is 0.180 e. The van der Waals surface area contributed by atoms with Crippen LogP contribution in [0, 0.1) is 6.92 Å². The third-order valence-corrected chi connectivity index (χ3v) is 5.92. The minimum absolute atomic E-state index is 0.298. The zero-order valence-electron chi connectivity index (χ0n) is 16.6. The Kier molecular flexibility index (Phi) is 8.18. The third-order valence-electron chi connectivity index (χ3n) is 4.41. The fourth-order valence-corrected chi connectivity index (χ4v) is 4.02. The van der Waals surface area contributed by atoms with Crippen molar-refractivity contribution in [1.82, 2.24) is 0 Å². The van der Waals surface area contributed by atoms with Gasteiger partial charge in [0.1, 0.15) is 6.61 Å². The van der Waals surface area contributed by atoms with Gasteiger partial charge in [-0.1, -0.05) is 56.8 Å². The molecule has 3 rings (SSSR count). The van der Waals surface area contributed by atoms with Gasteiger partial charge < -0.3 is 14.8 Å². The van der Waals surface area contributed by atoms with Crippen LogP contribution in [-0.2, 0) is 13.2 Å². The zero-order chi connectivity index (χ0) is 21.7. The van der Waals surface area contributed by atoms with E-state index in [0.717, 1.165) is 26.9 Å². The van der Waals surface area contributed by atoms with E-state index in [0.29, 0.717) is 46.3 Å². The lowest BCUT2D eigenvalue weighted by Crippen LogP contribution is -2.04. The average molecular weight is 530 g/mol. The lowest BCUT2D eigenvalue weighted by Gasteiger charge is -2.16. The van der Waals surface area contributed by atoms with Crippen LogP contribution < -0.4 is 14.8 Å². The van der Waals surface area contributed by atoms with Crippen molar-refractivity contribution in [2.75, 3.05) is 11.9 Å². The number of rotatable bonds is 8. The maximum Gasteiger partial charge on any atom is 0.180 e. The molecule has 7 heteroatoms. The fraction of sp³-hybridized carbons (Fsp3) is 0.217. The molecule has 0 spiro atoms. The summed E-state index contributed by atoms with van der Waals surface area (Å²) in [5.41, 5.74) is 4.10. The summed E-state index contributed by atoms with van der Waals surface area (Å²) in [4.78, 5) is 0. The van der Waals surface area contributed by atoms with Gasteiger partial charge in [-0.2, -0.15) is 0 Å². The monoisotopic (exact) mass is 527 g/mol. The summed E-state index contributed by atoms with van der Waals surface area (Å²) in [6, 6.07) is 15.3. The molecule has 0 atom stereocenters. The first-order valence-corrected chi connectivity index (χ1v) is 11.3. The molecule has 0 aliphatic heterocycles. The summed E-state index contributed by atoms with van der Waals surface area (Å²) in [5, 5.41) is 4.92. The van der Waals surface area contributed by atoms with Gasteiger partial charge in [0.25, 0.3) is 0 Å². The van der Waals surface area contributed by atoms with Crippen LogP contribution in [0.4, 0.5) is 5.69 Å². The molecular formula is C23H21BrCl3NO2. The molecule has 158 valence electrons. The molecule has 0 radical (unpaired) electrons. The molecule has 0 fully saturated rings. The first-order chi connectivity index (χ1) is 14.4. The Hall–Kier alpha value is -1.59. The average Bonchev–Trinajstić information content (AvgIpc) is 2.69. The molecule has 0 saturated carbocycles. The summed E-state index contributed by atoms with van der Waals surface area (Å²) in [5.74, 6) is 1.11. The van der Waals surface area contributed by atoms with Crippen LogP contribution in [0.25, 0.3) is 0 Å². The van der Waals surface area contributed by atoms with E-state index in [1.165, 1.54) is 0 Å². The predicted octanol–water partition coefficient (Wildman–Crippen LogP) is 8.31. The summed E-state index contributed by atoms with van der Waals surface area (Å²) in [6.45, 7) is 5.39. The van der Waals surface area contributed by atoms with E-state index in [-0.39, 0.29) is 0 Å². The Morgan fingerprint density at radius 1 is 0.867 bits per heavy atom. The van der Waals surface area contributed by atoms with Crippen molar-refractivity contribution in [2.45, 2.75) is 27.0 Å². The largest absolute Gasteiger partial charge is 0.490 e. The molecule has 0 aliphatic carbocycles. The fourth-order valence-electron chi connectivity index (χ4n) is 2.93. The van der Waals surface area contributed by atoms with Crippen molar-refractivity contribution < 1.29 is 9.47 Å². The number of benzene rings is 3. The number of halogens is 4. The molecule has 0 unspecified atom stereocenters. The molecule has 30 heavy (non-hydrogen) atoms. The second kappa shape index (κ2) is 10.6. The van der Waals surface area contributed by atoms with Crippen LogP contribution >= 0.6 is 50.7 Å². The molecule has 1 N–H and O–H groups in total. The highest BCUT2D eigenvalue weighted by atomic mass is 79.9. The van der Waals surface area contributed by atoms with Crippen LogP contribution in [0.2, 0.25) is 15.1 Å². The lowest BCUT2D eigenvalue weighted by molar-refractivity contribution is 0.269. The van der Waals surface area contributed by atoms with E-state index in [9.17, 15) is 0 Å². The Balaban J connectivity index is 1.76. The van der Waals surface area contributed by atoms with E-state index >= 15 is 0 Å². The summed E-state index contributed by atoms with van der Waals surface area (Å²) in [6.07, 6.45) is 0. The van der Waals surface area contributed by atoms with Gasteiger partial charge in [0.15, 0.2) is 11.5 Å². The highest BCUT2D eigenvalue weighted by Crippen LogP contribution is 2.38. The van der Waals surface area contributed by atoms with Gasteiger partial charge in [-0.05, 0) is 73.0 Å². The number of hydrogen-bond acceptors (Lipinski definition) is 3. The van der Waals surface area contributed by atoms with Crippen molar-refractivity contribution in [2.24, 2.45) is 0 Å². The van der Waals surface area contributed by atoms with Gasteiger partial charge in [-0.3, -0.25) is 0 Å². The molecule has 0 aliphatic rings. The minimum atomic E-state index is 0.298. The first-order valence-electron chi connectivity index (χ1n) is 9.39. The van der Waals surface area contributed by atoms with E-state index < -0.39 is 0 Å². The number of aryl methyl sites for hydroxylation is 1. The molecule has 0 aromatic heterocycles. The van der Waals surface area contributed by atoms with Crippen LogP contribution in [0.5, 0.6) is 11.5 Å². The van der Waals surface area contributed by atoms with Crippen LogP contribution in [0.1, 0.15) is 23.6 Å². The second-order valence-electron chi connectivity index (χ2n) is 6.69. The molecule has 0 amide bonds. The number of anilines is 1. The SMILES string of the molecule is CCOc1cc(CNc2ccc(Br)cc2C)cc(Cl)c1OCc1ccc(Cl)c(Cl)c1. The van der Waals surface area contributed by atoms with Crippen LogP contribution in [0.3, 0.4) is 0 Å². The van der Waals surface area contributed by atoms with Crippen molar-refractivity contribution >= 4 is 56.4 Å². The third kappa shape index (κ3) is 5.98. The van der Waals surface area contributed by atoms with E-state index in [4.69, 9.17) is 44.3 Å². The molecular weight excluding hydrogens is 509 g/mol. The van der Waals surface area contributed by atoms with Crippen molar-refractivity contribution in [3.63, 3.8) is 0 Å². The van der Waals surface area contributed by atoms with Crippen molar-refractivity contribution in [1.29, 1.82) is 0 Å². The molecule has 3 nitrogen and oxygen atoms in total. The van der Waals surface area contributed by atoms with Crippen LogP contribution in [-0.4, -0.2) is 6.61 Å². The van der Waals surface area contributed by atoms with Crippen molar-refractivity contribution in [3.05, 3.63) is 84.8 Å². The van der Waals surface area contributed by atoms with Gasteiger partial charge in [0, 0.05) is 16.7 Å². The van der Waals surface area contributed by atoms with Crippen LogP contribution in [0.15, 0.2) is 53.0 Å². The summed E-state index contributed by atoms with van der Waals surface area (Å²) >= 11 is 22.1. The van der Waals surface area contributed by atoms with Gasteiger partial charge in [-0.15, -0.1) is 0 Å². The molecule has 3 aromatic rings. The van der Waals surface area contributed by atoms with Gasteiger partial charge >= 0.3 is 0 Å². The first kappa shape index (κ1) is 23.1. The zero-order valence-corrected chi connectivity index (χ0v) is 20.4. The second-order valence-corrected chi connectivity index (χ2v) is 8.83. The Bertz CT molecular complexity index is 1040. The molecule has 0 bridgehead atoms. The van der Waals surface area contributed by atoms with E-state index in [1.807, 2.05) is 37.3 Å². The highest BCUT2D eigenvalue weighted by Gasteiger charge is 2.14. The molecule has 3 aromatic carbocycles. The predicted molar refractivity (Wildman–Crippen MR) is 130 cm³/mol. The number of nitrogens with one attached hydrogen (secondary N) is 1. The van der Waals surface area contributed by atoms with Crippen molar-refractivity contribution in [3.8, 4) is 11.5 Å². The summed E-state index contributed by atoms with van der Waals surface area (Å²) < 4.78 is 12.8. The van der Waals surface area contributed by atoms with Gasteiger partial charge in [0.2, 0.25) is 0 Å². The highest BCUT2D eigenvalue weighted by molar-refractivity contribution is 9.10. The quantitative estimate of drug-likeness (QED) is 0.318. The maximum absolute atomic E-state index is 6.54. The normalized spacial score (nSPS) is 10.7. The standard InChI is InChI=1S/C23H21BrCl3NO2/c1-3-29-22-11-16(12-28-21-7-5-17(24)8-14(21)2)10-20(27)23(22)30-13-15-4-6-18(25)19(26)9-15/h4-11,28H,3,12-13H2,1-2H3. The maximum atomic E-state index is 6.54. The number of hydrogen-bond donors (Lipinski definition) is 1. The topological polar surface area (TPSA) is 30.5 Å². The Morgan fingerprint density at radius 3 is 2.33 bits per heavy atom. The van der Waals surface area contributed by atoms with E-state index in [1.54, 1.807) is 12.1 Å². The summed E-state index contributed by atoms with van der Waals surface area (Å²) in [7, 11) is 0. The Morgan fingerprint density at radius 2 is 1.63 bits per heavy atom. The molecule has 0 heterocycles. The number of ether oxygens (including phenoxy) is 2. The van der Waals surface area contributed by atoms with E-state index in [2.05, 4.69) is 34.2 Å². The lowest BCUT2D eigenvalue weighted by atomic mass is 10.1.